The Bertz CT molecular complexity index is 555. The predicted octanol–water partition coefficient (Wildman–Crippen LogP) is 2.30. The average Bonchev–Trinajstić information content (AvgIpc) is 2.91. The number of carbonyl (C=O) groups is 2. The first-order chi connectivity index (χ1) is 9.58. The van der Waals surface area contributed by atoms with Crippen molar-refractivity contribution in [2.24, 2.45) is 0 Å². The molecule has 1 atom stereocenters. The summed E-state index contributed by atoms with van der Waals surface area (Å²) in [6.45, 7) is 1.77. The second-order valence-corrected chi connectivity index (χ2v) is 7.00. The van der Waals surface area contributed by atoms with E-state index in [9.17, 15) is 9.59 Å². The van der Waals surface area contributed by atoms with E-state index in [0.717, 1.165) is 17.7 Å². The van der Waals surface area contributed by atoms with Gasteiger partial charge in [0.1, 0.15) is 0 Å². The van der Waals surface area contributed by atoms with E-state index < -0.39 is 4.87 Å². The first kappa shape index (κ1) is 13.5. The third-order valence-electron chi connectivity index (χ3n) is 3.92. The van der Waals surface area contributed by atoms with Gasteiger partial charge in [0, 0.05) is 10.9 Å². The molecule has 1 aromatic rings. The molecule has 1 aliphatic heterocycles. The van der Waals surface area contributed by atoms with Crippen molar-refractivity contribution in [2.75, 3.05) is 0 Å². The van der Waals surface area contributed by atoms with Gasteiger partial charge >= 0.3 is 0 Å². The molecule has 2 amide bonds. The number of thioether (sulfide) groups is 1. The molecule has 1 heterocycles. The average molecular weight is 290 g/mol. The van der Waals surface area contributed by atoms with Crippen LogP contribution >= 0.6 is 11.8 Å². The molecule has 20 heavy (non-hydrogen) atoms. The Morgan fingerprint density at radius 2 is 2.05 bits per heavy atom. The Hall–Kier alpha value is -1.49. The Kier molecular flexibility index (Phi) is 3.46. The summed E-state index contributed by atoms with van der Waals surface area (Å²) < 4.78 is 0. The molecule has 5 heteroatoms. The second kappa shape index (κ2) is 5.13. The summed E-state index contributed by atoms with van der Waals surface area (Å²) in [5.74, 6) is -0.277. The third-order valence-corrected chi connectivity index (χ3v) is 5.19. The lowest BCUT2D eigenvalue weighted by molar-refractivity contribution is -0.124. The van der Waals surface area contributed by atoms with E-state index in [0.29, 0.717) is 5.56 Å². The highest BCUT2D eigenvalue weighted by Crippen LogP contribution is 2.37. The summed E-state index contributed by atoms with van der Waals surface area (Å²) in [5.41, 5.74) is 0.642. The van der Waals surface area contributed by atoms with Gasteiger partial charge in [-0.15, -0.1) is 0 Å². The Morgan fingerprint density at radius 3 is 2.80 bits per heavy atom. The van der Waals surface area contributed by atoms with Crippen molar-refractivity contribution in [3.63, 3.8) is 0 Å². The lowest BCUT2D eigenvalue weighted by Gasteiger charge is -2.34. The topological polar surface area (TPSA) is 58.2 Å². The first-order valence-corrected chi connectivity index (χ1v) is 7.82. The molecule has 4 nitrogen and oxygen atoms in total. The van der Waals surface area contributed by atoms with E-state index in [4.69, 9.17) is 0 Å². The van der Waals surface area contributed by atoms with Gasteiger partial charge in [-0.25, -0.2) is 0 Å². The van der Waals surface area contributed by atoms with Crippen molar-refractivity contribution in [1.29, 1.82) is 0 Å². The maximum atomic E-state index is 12.5. The maximum Gasteiger partial charge on any atom is 0.256 e. The van der Waals surface area contributed by atoms with Gasteiger partial charge < -0.3 is 10.6 Å². The Morgan fingerprint density at radius 1 is 1.35 bits per heavy atom. The van der Waals surface area contributed by atoms with E-state index in [1.807, 2.05) is 18.2 Å². The van der Waals surface area contributed by atoms with Crippen molar-refractivity contribution < 1.29 is 9.59 Å². The third kappa shape index (κ3) is 2.42. The van der Waals surface area contributed by atoms with Crippen LogP contribution in [0.25, 0.3) is 0 Å². The van der Waals surface area contributed by atoms with Crippen LogP contribution in [0.5, 0.6) is 0 Å². The fraction of sp³-hybridized carbons (Fsp3) is 0.467. The summed E-state index contributed by atoms with van der Waals surface area (Å²) >= 11 is 1.41. The first-order valence-electron chi connectivity index (χ1n) is 7.00. The van der Waals surface area contributed by atoms with Crippen molar-refractivity contribution >= 4 is 23.6 Å². The van der Waals surface area contributed by atoms with Gasteiger partial charge in [-0.2, -0.15) is 0 Å². The van der Waals surface area contributed by atoms with Crippen LogP contribution in [0.4, 0.5) is 0 Å². The van der Waals surface area contributed by atoms with Gasteiger partial charge in [-0.05, 0) is 31.9 Å². The lowest BCUT2D eigenvalue weighted by Crippen LogP contribution is -2.57. The van der Waals surface area contributed by atoms with Crippen LogP contribution < -0.4 is 10.6 Å². The minimum atomic E-state index is -0.923. The highest BCUT2D eigenvalue weighted by atomic mass is 32.2. The molecule has 106 valence electrons. The van der Waals surface area contributed by atoms with E-state index in [1.165, 1.54) is 24.6 Å². The van der Waals surface area contributed by atoms with E-state index in [-0.39, 0.29) is 17.9 Å². The van der Waals surface area contributed by atoms with Gasteiger partial charge in [0.25, 0.3) is 11.8 Å². The number of fused-ring (bicyclic) bond motifs is 1. The zero-order valence-electron chi connectivity index (χ0n) is 11.4. The molecule has 0 radical (unpaired) electrons. The number of rotatable bonds is 2. The monoisotopic (exact) mass is 290 g/mol. The zero-order valence-corrected chi connectivity index (χ0v) is 12.3. The second-order valence-electron chi connectivity index (χ2n) is 5.54. The van der Waals surface area contributed by atoms with Crippen LogP contribution in [-0.2, 0) is 4.79 Å². The minimum Gasteiger partial charge on any atom is -0.351 e. The Balaban J connectivity index is 1.79. The van der Waals surface area contributed by atoms with Crippen molar-refractivity contribution in [2.45, 2.75) is 48.4 Å². The molecule has 1 aromatic carbocycles. The van der Waals surface area contributed by atoms with Crippen molar-refractivity contribution in [3.05, 3.63) is 29.8 Å². The van der Waals surface area contributed by atoms with Crippen molar-refractivity contribution in [3.8, 4) is 0 Å². The molecular formula is C15H18N2O2S. The highest BCUT2D eigenvalue weighted by Gasteiger charge is 2.41. The molecule has 0 unspecified atom stereocenters. The molecule has 0 aromatic heterocycles. The summed E-state index contributed by atoms with van der Waals surface area (Å²) in [7, 11) is 0. The van der Waals surface area contributed by atoms with Gasteiger partial charge in [-0.3, -0.25) is 9.59 Å². The smallest absolute Gasteiger partial charge is 0.256 e. The quantitative estimate of drug-likeness (QED) is 0.878. The molecule has 2 aliphatic rings. The van der Waals surface area contributed by atoms with Gasteiger partial charge in [0.05, 0.1) is 5.56 Å². The standard InChI is InChI=1S/C15H18N2O2S/c1-15(14(19)16-10-6-2-3-7-10)17-13(18)11-8-4-5-9-12(11)20-15/h4-5,8-10H,2-3,6-7H2,1H3,(H,16,19)(H,17,18)/t15-/m1/s1. The molecule has 2 N–H and O–H groups in total. The van der Waals surface area contributed by atoms with E-state index >= 15 is 0 Å². The summed E-state index contributed by atoms with van der Waals surface area (Å²) in [6.07, 6.45) is 4.42. The highest BCUT2D eigenvalue weighted by molar-refractivity contribution is 8.01. The van der Waals surface area contributed by atoms with Crippen molar-refractivity contribution in [1.82, 2.24) is 10.6 Å². The van der Waals surface area contributed by atoms with Crippen LogP contribution in [0.15, 0.2) is 29.2 Å². The lowest BCUT2D eigenvalue weighted by atomic mass is 10.1. The van der Waals surface area contributed by atoms with Gasteiger partial charge in [-0.1, -0.05) is 36.7 Å². The van der Waals surface area contributed by atoms with Crippen LogP contribution in [0.1, 0.15) is 43.0 Å². The maximum absolute atomic E-state index is 12.5. The zero-order chi connectivity index (χ0) is 14.2. The summed E-state index contributed by atoms with van der Waals surface area (Å²) in [6, 6.07) is 7.65. The number of benzene rings is 1. The fourth-order valence-corrected chi connectivity index (χ4v) is 3.92. The summed E-state index contributed by atoms with van der Waals surface area (Å²) in [4.78, 5) is 24.6. The van der Waals surface area contributed by atoms with Gasteiger partial charge in [0.2, 0.25) is 0 Å². The number of amides is 2. The van der Waals surface area contributed by atoms with E-state index in [2.05, 4.69) is 10.6 Å². The number of nitrogens with one attached hydrogen (secondary N) is 2. The summed E-state index contributed by atoms with van der Waals surface area (Å²) in [5, 5.41) is 5.90. The molecule has 3 rings (SSSR count). The molecule has 1 fully saturated rings. The minimum absolute atomic E-state index is 0.0998. The SMILES string of the molecule is C[C@@]1(C(=O)NC2CCCC2)NC(=O)c2ccccc2S1. The fourth-order valence-electron chi connectivity index (χ4n) is 2.77. The molecule has 0 saturated heterocycles. The molecule has 0 bridgehead atoms. The van der Waals surface area contributed by atoms with Crippen LogP contribution in [0.3, 0.4) is 0 Å². The van der Waals surface area contributed by atoms with Crippen LogP contribution in [0, 0.1) is 0 Å². The molecule has 1 aliphatic carbocycles. The number of hydrogen-bond donors (Lipinski definition) is 2. The van der Waals surface area contributed by atoms with E-state index in [1.54, 1.807) is 13.0 Å². The van der Waals surface area contributed by atoms with Crippen LogP contribution in [0.2, 0.25) is 0 Å². The molecule has 0 spiro atoms. The van der Waals surface area contributed by atoms with Gasteiger partial charge in [0.15, 0.2) is 4.87 Å². The predicted molar refractivity (Wildman–Crippen MR) is 78.6 cm³/mol. The largest absolute Gasteiger partial charge is 0.351 e. The molecular weight excluding hydrogens is 272 g/mol. The normalized spacial score (nSPS) is 25.9. The van der Waals surface area contributed by atoms with Crippen LogP contribution in [-0.4, -0.2) is 22.7 Å². The number of hydrogen-bond acceptors (Lipinski definition) is 3. The Labute approximate surface area is 122 Å². The number of carbonyl (C=O) groups excluding carboxylic acids is 2. The molecule has 1 saturated carbocycles.